The third kappa shape index (κ3) is 7.10. The SMILES string of the molecule is O=C(C=CN1CCNCC1)NCCCCOC(=O)c1ccccc1C(=O)O. The predicted molar refractivity (Wildman–Crippen MR) is 99.5 cm³/mol. The fraction of sp³-hybridized carbons (Fsp3) is 0.421. The minimum Gasteiger partial charge on any atom is -0.478 e. The minimum absolute atomic E-state index is 0.0383. The van der Waals surface area contributed by atoms with Crippen molar-refractivity contribution in [3.63, 3.8) is 0 Å². The van der Waals surface area contributed by atoms with Crippen LogP contribution in [0.15, 0.2) is 36.5 Å². The van der Waals surface area contributed by atoms with E-state index in [0.29, 0.717) is 19.4 Å². The Morgan fingerprint density at radius 3 is 2.56 bits per heavy atom. The number of hydrogen-bond acceptors (Lipinski definition) is 6. The van der Waals surface area contributed by atoms with Gasteiger partial charge in [0.25, 0.3) is 0 Å². The van der Waals surface area contributed by atoms with Crippen LogP contribution >= 0.6 is 0 Å². The molecule has 1 aromatic rings. The summed E-state index contributed by atoms with van der Waals surface area (Å²) >= 11 is 0. The third-order valence-corrected chi connectivity index (χ3v) is 4.07. The highest BCUT2D eigenvalue weighted by Gasteiger charge is 2.16. The van der Waals surface area contributed by atoms with Crippen molar-refractivity contribution in [1.82, 2.24) is 15.5 Å². The van der Waals surface area contributed by atoms with E-state index < -0.39 is 11.9 Å². The molecule has 0 bridgehead atoms. The Hall–Kier alpha value is -2.87. The zero-order valence-corrected chi connectivity index (χ0v) is 15.1. The highest BCUT2D eigenvalue weighted by Crippen LogP contribution is 2.10. The number of ether oxygens (including phenoxy) is 1. The van der Waals surface area contributed by atoms with E-state index >= 15 is 0 Å². The maximum absolute atomic E-state index is 12.0. The lowest BCUT2D eigenvalue weighted by molar-refractivity contribution is -0.116. The smallest absolute Gasteiger partial charge is 0.339 e. The molecule has 1 heterocycles. The van der Waals surface area contributed by atoms with E-state index in [9.17, 15) is 14.4 Å². The minimum atomic E-state index is -1.17. The zero-order valence-electron chi connectivity index (χ0n) is 15.1. The molecule has 0 spiro atoms. The van der Waals surface area contributed by atoms with Gasteiger partial charge in [0.05, 0.1) is 17.7 Å². The van der Waals surface area contributed by atoms with Gasteiger partial charge in [-0.3, -0.25) is 4.79 Å². The molecule has 3 N–H and O–H groups in total. The number of esters is 1. The Morgan fingerprint density at radius 1 is 1.15 bits per heavy atom. The lowest BCUT2D eigenvalue weighted by Gasteiger charge is -2.25. The highest BCUT2D eigenvalue weighted by atomic mass is 16.5. The van der Waals surface area contributed by atoms with Gasteiger partial charge in [-0.25, -0.2) is 9.59 Å². The molecule has 8 heteroatoms. The molecule has 0 aliphatic carbocycles. The van der Waals surface area contributed by atoms with Crippen LogP contribution in [0.2, 0.25) is 0 Å². The second kappa shape index (κ2) is 11.0. The summed E-state index contributed by atoms with van der Waals surface area (Å²) in [5.41, 5.74) is -0.0395. The zero-order chi connectivity index (χ0) is 19.5. The summed E-state index contributed by atoms with van der Waals surface area (Å²) in [6.45, 7) is 4.26. The van der Waals surface area contributed by atoms with E-state index in [4.69, 9.17) is 9.84 Å². The van der Waals surface area contributed by atoms with Crippen molar-refractivity contribution in [3.05, 3.63) is 47.7 Å². The Balaban J connectivity index is 1.60. The molecule has 1 fully saturated rings. The van der Waals surface area contributed by atoms with Gasteiger partial charge in [0.15, 0.2) is 0 Å². The number of nitrogens with zero attached hydrogens (tertiary/aromatic N) is 1. The van der Waals surface area contributed by atoms with Crippen LogP contribution in [0.4, 0.5) is 0 Å². The highest BCUT2D eigenvalue weighted by molar-refractivity contribution is 6.02. The van der Waals surface area contributed by atoms with Gasteiger partial charge < -0.3 is 25.4 Å². The number of carbonyl (C=O) groups is 3. The van der Waals surface area contributed by atoms with E-state index in [1.54, 1.807) is 18.3 Å². The van der Waals surface area contributed by atoms with Gasteiger partial charge in [0.2, 0.25) is 5.91 Å². The summed E-state index contributed by atoms with van der Waals surface area (Å²) in [6.07, 6.45) is 4.55. The first-order valence-corrected chi connectivity index (χ1v) is 8.98. The van der Waals surface area contributed by atoms with Crippen LogP contribution in [0.5, 0.6) is 0 Å². The fourth-order valence-corrected chi connectivity index (χ4v) is 2.59. The van der Waals surface area contributed by atoms with Crippen LogP contribution in [0.1, 0.15) is 33.6 Å². The maximum atomic E-state index is 12.0. The number of piperazine rings is 1. The summed E-state index contributed by atoms with van der Waals surface area (Å²) in [5, 5.41) is 15.1. The third-order valence-electron chi connectivity index (χ3n) is 4.07. The summed E-state index contributed by atoms with van der Waals surface area (Å²) in [7, 11) is 0. The number of amides is 1. The summed E-state index contributed by atoms with van der Waals surface area (Å²) in [6, 6.07) is 5.94. The second-order valence-corrected chi connectivity index (χ2v) is 6.09. The Labute approximate surface area is 158 Å². The van der Waals surface area contributed by atoms with Crippen LogP contribution in [-0.2, 0) is 9.53 Å². The van der Waals surface area contributed by atoms with Gasteiger partial charge in [0, 0.05) is 45.0 Å². The monoisotopic (exact) mass is 375 g/mol. The Kier molecular flexibility index (Phi) is 8.31. The number of carboxylic acid groups (broad SMARTS) is 1. The van der Waals surface area contributed by atoms with Crippen LogP contribution in [0, 0.1) is 0 Å². The average molecular weight is 375 g/mol. The number of hydrogen-bond donors (Lipinski definition) is 3. The molecule has 146 valence electrons. The molecule has 2 rings (SSSR count). The normalized spacial score (nSPS) is 14.1. The molecule has 1 aliphatic heterocycles. The lowest BCUT2D eigenvalue weighted by atomic mass is 10.1. The molecular weight excluding hydrogens is 350 g/mol. The van der Waals surface area contributed by atoms with Gasteiger partial charge in [-0.05, 0) is 25.0 Å². The molecule has 27 heavy (non-hydrogen) atoms. The molecule has 0 atom stereocenters. The first-order valence-electron chi connectivity index (χ1n) is 8.98. The molecule has 8 nitrogen and oxygen atoms in total. The average Bonchev–Trinajstić information content (AvgIpc) is 2.69. The summed E-state index contributed by atoms with van der Waals surface area (Å²) < 4.78 is 5.11. The van der Waals surface area contributed by atoms with Crippen molar-refractivity contribution >= 4 is 17.8 Å². The van der Waals surface area contributed by atoms with Gasteiger partial charge in [-0.1, -0.05) is 12.1 Å². The summed E-state index contributed by atoms with van der Waals surface area (Å²) in [4.78, 5) is 36.9. The topological polar surface area (TPSA) is 108 Å². The van der Waals surface area contributed by atoms with Crippen LogP contribution in [-0.4, -0.2) is 67.2 Å². The van der Waals surface area contributed by atoms with Gasteiger partial charge in [-0.2, -0.15) is 0 Å². The van der Waals surface area contributed by atoms with Gasteiger partial charge in [-0.15, -0.1) is 0 Å². The van der Waals surface area contributed by atoms with Crippen LogP contribution in [0.25, 0.3) is 0 Å². The largest absolute Gasteiger partial charge is 0.478 e. The standard InChI is InChI=1S/C19H25N3O5/c23-17(7-11-22-12-9-20-10-13-22)21-8-3-4-14-27-19(26)16-6-2-1-5-15(16)18(24)25/h1-2,5-7,11,20H,3-4,8-10,12-14H2,(H,21,23)(H,24,25). The number of rotatable bonds is 9. The van der Waals surface area contributed by atoms with Crippen molar-refractivity contribution in [2.45, 2.75) is 12.8 Å². The molecular formula is C19H25N3O5. The first kappa shape index (κ1) is 20.4. The van der Waals surface area contributed by atoms with E-state index in [0.717, 1.165) is 26.2 Å². The number of carbonyl (C=O) groups excluding carboxylic acids is 2. The molecule has 0 radical (unpaired) electrons. The van der Waals surface area contributed by atoms with Crippen LogP contribution < -0.4 is 10.6 Å². The van der Waals surface area contributed by atoms with E-state index in [-0.39, 0.29) is 23.6 Å². The van der Waals surface area contributed by atoms with Crippen molar-refractivity contribution in [2.24, 2.45) is 0 Å². The molecule has 1 aliphatic rings. The van der Waals surface area contributed by atoms with Gasteiger partial charge in [0.1, 0.15) is 0 Å². The number of carboxylic acids is 1. The van der Waals surface area contributed by atoms with Crippen molar-refractivity contribution < 1.29 is 24.2 Å². The summed E-state index contributed by atoms with van der Waals surface area (Å²) in [5.74, 6) is -1.98. The molecule has 1 aromatic carbocycles. The second-order valence-electron chi connectivity index (χ2n) is 6.09. The number of benzene rings is 1. The molecule has 0 saturated carbocycles. The predicted octanol–water partition coefficient (Wildman–Crippen LogP) is 0.857. The van der Waals surface area contributed by atoms with E-state index in [1.165, 1.54) is 18.2 Å². The first-order chi connectivity index (χ1) is 13.1. The number of aromatic carboxylic acids is 1. The molecule has 0 aromatic heterocycles. The fourth-order valence-electron chi connectivity index (χ4n) is 2.59. The van der Waals surface area contributed by atoms with Crippen molar-refractivity contribution in [3.8, 4) is 0 Å². The molecule has 1 amide bonds. The lowest BCUT2D eigenvalue weighted by Crippen LogP contribution is -2.40. The number of nitrogens with one attached hydrogen (secondary N) is 2. The van der Waals surface area contributed by atoms with Crippen molar-refractivity contribution in [1.29, 1.82) is 0 Å². The number of unbranched alkanes of at least 4 members (excludes halogenated alkanes) is 1. The maximum Gasteiger partial charge on any atom is 0.339 e. The van der Waals surface area contributed by atoms with E-state index in [1.807, 2.05) is 0 Å². The van der Waals surface area contributed by atoms with E-state index in [2.05, 4.69) is 15.5 Å². The Morgan fingerprint density at radius 2 is 1.85 bits per heavy atom. The van der Waals surface area contributed by atoms with Crippen LogP contribution in [0.3, 0.4) is 0 Å². The Bertz CT molecular complexity index is 684. The molecule has 1 saturated heterocycles. The van der Waals surface area contributed by atoms with Crippen molar-refractivity contribution in [2.75, 3.05) is 39.3 Å². The molecule has 0 unspecified atom stereocenters. The van der Waals surface area contributed by atoms with Gasteiger partial charge >= 0.3 is 11.9 Å². The quantitative estimate of drug-likeness (QED) is 0.334.